The minimum atomic E-state index is -0.279. The molecule has 9 heteroatoms. The summed E-state index contributed by atoms with van der Waals surface area (Å²) in [5.41, 5.74) is 0.278. The van der Waals surface area contributed by atoms with Crippen LogP contribution in [0.25, 0.3) is 5.95 Å². The molecule has 0 aromatic carbocycles. The van der Waals surface area contributed by atoms with Crippen LogP contribution in [-0.4, -0.2) is 51.3 Å². The van der Waals surface area contributed by atoms with Crippen LogP contribution >= 0.6 is 0 Å². The molecule has 0 aliphatic heterocycles. The molecule has 0 spiro atoms. The first-order valence-electron chi connectivity index (χ1n) is 6.50. The molecule has 0 radical (unpaired) electrons. The van der Waals surface area contributed by atoms with Crippen molar-refractivity contribution >= 4 is 11.9 Å². The van der Waals surface area contributed by atoms with Gasteiger partial charge in [-0.3, -0.25) is 4.79 Å². The molecule has 2 heterocycles. The SMILES string of the molecule is CCCNc1nc(OC)nc(-n2ccc(C(=O)NC)n2)n1. The summed E-state index contributed by atoms with van der Waals surface area (Å²) in [6.45, 7) is 2.77. The maximum atomic E-state index is 11.5. The predicted octanol–water partition coefficient (Wildman–Crippen LogP) is 0.247. The van der Waals surface area contributed by atoms with Crippen LogP contribution in [-0.2, 0) is 0 Å². The second kappa shape index (κ2) is 6.64. The Morgan fingerprint density at radius 1 is 1.38 bits per heavy atom. The average molecular weight is 291 g/mol. The van der Waals surface area contributed by atoms with Crippen molar-refractivity contribution in [2.24, 2.45) is 0 Å². The van der Waals surface area contributed by atoms with Crippen molar-refractivity contribution in [2.45, 2.75) is 13.3 Å². The molecule has 0 unspecified atom stereocenters. The summed E-state index contributed by atoms with van der Waals surface area (Å²) in [5.74, 6) is 0.394. The maximum Gasteiger partial charge on any atom is 0.322 e. The highest BCUT2D eigenvalue weighted by atomic mass is 16.5. The molecule has 21 heavy (non-hydrogen) atoms. The lowest BCUT2D eigenvalue weighted by Gasteiger charge is -2.07. The van der Waals surface area contributed by atoms with Crippen LogP contribution in [0.4, 0.5) is 5.95 Å². The van der Waals surface area contributed by atoms with Crippen LogP contribution in [0.2, 0.25) is 0 Å². The molecule has 9 nitrogen and oxygen atoms in total. The summed E-state index contributed by atoms with van der Waals surface area (Å²) in [6.07, 6.45) is 2.54. The van der Waals surface area contributed by atoms with E-state index in [-0.39, 0.29) is 23.6 Å². The fourth-order valence-electron chi connectivity index (χ4n) is 1.54. The molecule has 2 aromatic heterocycles. The van der Waals surface area contributed by atoms with E-state index in [1.165, 1.54) is 11.8 Å². The third-order valence-electron chi connectivity index (χ3n) is 2.57. The van der Waals surface area contributed by atoms with Gasteiger partial charge in [-0.05, 0) is 12.5 Å². The quantitative estimate of drug-likeness (QED) is 0.785. The highest BCUT2D eigenvalue weighted by Gasteiger charge is 2.12. The van der Waals surface area contributed by atoms with Crippen LogP contribution in [0.15, 0.2) is 12.3 Å². The number of carbonyl (C=O) groups excluding carboxylic acids is 1. The lowest BCUT2D eigenvalue weighted by atomic mass is 10.4. The highest BCUT2D eigenvalue weighted by Crippen LogP contribution is 2.11. The van der Waals surface area contributed by atoms with E-state index in [0.29, 0.717) is 5.95 Å². The number of ether oxygens (including phenoxy) is 1. The zero-order chi connectivity index (χ0) is 15.2. The predicted molar refractivity (Wildman–Crippen MR) is 75.7 cm³/mol. The third-order valence-corrected chi connectivity index (χ3v) is 2.57. The minimum Gasteiger partial charge on any atom is -0.467 e. The van der Waals surface area contributed by atoms with Gasteiger partial charge in [0.25, 0.3) is 11.9 Å². The van der Waals surface area contributed by atoms with Crippen molar-refractivity contribution in [3.05, 3.63) is 18.0 Å². The molecule has 2 N–H and O–H groups in total. The second-order valence-electron chi connectivity index (χ2n) is 4.10. The molecule has 0 bridgehead atoms. The Balaban J connectivity index is 2.33. The zero-order valence-corrected chi connectivity index (χ0v) is 12.1. The Morgan fingerprint density at radius 3 is 2.86 bits per heavy atom. The number of anilines is 1. The smallest absolute Gasteiger partial charge is 0.322 e. The largest absolute Gasteiger partial charge is 0.467 e. The topological polar surface area (TPSA) is 107 Å². The molecular weight excluding hydrogens is 274 g/mol. The van der Waals surface area contributed by atoms with Crippen molar-refractivity contribution in [2.75, 3.05) is 26.0 Å². The molecule has 0 fully saturated rings. The number of nitrogens with one attached hydrogen (secondary N) is 2. The summed E-state index contributed by atoms with van der Waals surface area (Å²) in [5, 5.41) is 9.68. The molecule has 0 saturated carbocycles. The number of nitrogens with zero attached hydrogens (tertiary/aromatic N) is 5. The van der Waals surface area contributed by atoms with E-state index < -0.39 is 0 Å². The number of carbonyl (C=O) groups is 1. The number of methoxy groups -OCH3 is 1. The molecule has 0 atom stereocenters. The van der Waals surface area contributed by atoms with Gasteiger partial charge in [0.2, 0.25) is 5.95 Å². The van der Waals surface area contributed by atoms with Crippen molar-refractivity contribution in [1.29, 1.82) is 0 Å². The van der Waals surface area contributed by atoms with Gasteiger partial charge in [0.15, 0.2) is 5.69 Å². The lowest BCUT2D eigenvalue weighted by Crippen LogP contribution is -2.19. The molecule has 0 aliphatic rings. The Bertz CT molecular complexity index is 626. The Labute approximate surface area is 121 Å². The van der Waals surface area contributed by atoms with E-state index in [2.05, 4.69) is 30.7 Å². The first kappa shape index (κ1) is 14.7. The minimum absolute atomic E-state index is 0.176. The third kappa shape index (κ3) is 3.44. The second-order valence-corrected chi connectivity index (χ2v) is 4.10. The van der Waals surface area contributed by atoms with Crippen LogP contribution < -0.4 is 15.4 Å². The van der Waals surface area contributed by atoms with Gasteiger partial charge in [0.05, 0.1) is 7.11 Å². The van der Waals surface area contributed by atoms with Gasteiger partial charge in [-0.2, -0.15) is 20.1 Å². The van der Waals surface area contributed by atoms with Gasteiger partial charge in [-0.1, -0.05) is 6.92 Å². The monoisotopic (exact) mass is 291 g/mol. The van der Waals surface area contributed by atoms with E-state index in [4.69, 9.17) is 4.74 Å². The molecule has 112 valence electrons. The van der Waals surface area contributed by atoms with Crippen molar-refractivity contribution in [3.63, 3.8) is 0 Å². The van der Waals surface area contributed by atoms with E-state index >= 15 is 0 Å². The van der Waals surface area contributed by atoms with Crippen LogP contribution in [0.1, 0.15) is 23.8 Å². The van der Waals surface area contributed by atoms with Gasteiger partial charge >= 0.3 is 6.01 Å². The number of rotatable bonds is 6. The highest BCUT2D eigenvalue weighted by molar-refractivity contribution is 5.91. The number of hydrogen-bond donors (Lipinski definition) is 2. The van der Waals surface area contributed by atoms with E-state index in [0.717, 1.165) is 13.0 Å². The van der Waals surface area contributed by atoms with Crippen molar-refractivity contribution in [3.8, 4) is 12.0 Å². The van der Waals surface area contributed by atoms with Gasteiger partial charge in [0, 0.05) is 19.8 Å². The molecule has 0 aliphatic carbocycles. The summed E-state index contributed by atoms with van der Waals surface area (Å²) in [7, 11) is 3.02. The van der Waals surface area contributed by atoms with Crippen molar-refractivity contribution < 1.29 is 9.53 Å². The fraction of sp³-hybridized carbons (Fsp3) is 0.417. The van der Waals surface area contributed by atoms with Gasteiger partial charge in [-0.15, -0.1) is 0 Å². The molecule has 2 rings (SSSR count). The number of hydrogen-bond acceptors (Lipinski definition) is 7. The first-order chi connectivity index (χ1) is 10.2. The summed E-state index contributed by atoms with van der Waals surface area (Å²) >= 11 is 0. The summed E-state index contributed by atoms with van der Waals surface area (Å²) in [6, 6.07) is 1.75. The van der Waals surface area contributed by atoms with E-state index in [9.17, 15) is 4.79 Å². The summed E-state index contributed by atoms with van der Waals surface area (Å²) < 4.78 is 6.44. The summed E-state index contributed by atoms with van der Waals surface area (Å²) in [4.78, 5) is 24.0. The normalized spacial score (nSPS) is 10.2. The van der Waals surface area contributed by atoms with E-state index in [1.807, 2.05) is 6.92 Å². The van der Waals surface area contributed by atoms with Crippen LogP contribution in [0, 0.1) is 0 Å². The number of amides is 1. The fourth-order valence-corrected chi connectivity index (χ4v) is 1.54. The van der Waals surface area contributed by atoms with Gasteiger partial charge < -0.3 is 15.4 Å². The number of aromatic nitrogens is 5. The Hall–Kier alpha value is -2.71. The van der Waals surface area contributed by atoms with Crippen LogP contribution in [0.5, 0.6) is 6.01 Å². The molecule has 1 amide bonds. The van der Waals surface area contributed by atoms with Gasteiger partial charge in [0.1, 0.15) is 0 Å². The van der Waals surface area contributed by atoms with Crippen molar-refractivity contribution in [1.82, 2.24) is 30.0 Å². The van der Waals surface area contributed by atoms with E-state index in [1.54, 1.807) is 19.3 Å². The average Bonchev–Trinajstić information content (AvgIpc) is 3.01. The lowest BCUT2D eigenvalue weighted by molar-refractivity contribution is 0.0957. The first-order valence-corrected chi connectivity index (χ1v) is 6.50. The standard InChI is InChI=1S/C12H17N7O2/c1-4-6-14-10-15-11(17-12(16-10)21-3)19-7-5-8(18-19)9(20)13-2/h5,7H,4,6H2,1-3H3,(H,13,20)(H,14,15,16,17). The molecule has 2 aromatic rings. The van der Waals surface area contributed by atoms with Gasteiger partial charge in [-0.25, -0.2) is 4.68 Å². The van der Waals surface area contributed by atoms with Crippen LogP contribution in [0.3, 0.4) is 0 Å². The Kier molecular flexibility index (Phi) is 4.64. The molecule has 0 saturated heterocycles. The maximum absolute atomic E-state index is 11.5. The Morgan fingerprint density at radius 2 is 2.19 bits per heavy atom. The molecular formula is C12H17N7O2. The zero-order valence-electron chi connectivity index (χ0n) is 12.1.